The van der Waals surface area contributed by atoms with Gasteiger partial charge in [-0.2, -0.15) is 0 Å². The first-order valence-electron chi connectivity index (χ1n) is 10.4. The summed E-state index contributed by atoms with van der Waals surface area (Å²) in [6, 6.07) is 16.2. The molecule has 0 spiro atoms. The Hall–Kier alpha value is -2.84. The van der Waals surface area contributed by atoms with E-state index in [1.807, 2.05) is 43.3 Å². The summed E-state index contributed by atoms with van der Waals surface area (Å²) in [6.45, 7) is 4.71. The molecule has 4 aromatic rings. The average Bonchev–Trinajstić information content (AvgIpc) is 3.48. The standard InChI is InChI=1S/C24H25N3O3S2/c1-4-29-20-11-10-18(13-21(20)28-3)23-25-19(14-31-23)15-32-24-27-26-22(30-24)12-16(2)17-8-6-5-7-9-17/h5-11,13-14,16H,4,12,15H2,1-3H3. The molecule has 2 aromatic heterocycles. The van der Waals surface area contributed by atoms with Crippen molar-refractivity contribution in [2.24, 2.45) is 0 Å². The van der Waals surface area contributed by atoms with Crippen molar-refractivity contribution in [1.29, 1.82) is 0 Å². The molecule has 0 fully saturated rings. The van der Waals surface area contributed by atoms with Gasteiger partial charge in [0.15, 0.2) is 11.5 Å². The van der Waals surface area contributed by atoms with Gasteiger partial charge in [0.25, 0.3) is 5.22 Å². The van der Waals surface area contributed by atoms with Crippen molar-refractivity contribution in [1.82, 2.24) is 15.2 Å². The van der Waals surface area contributed by atoms with E-state index in [9.17, 15) is 0 Å². The number of aromatic nitrogens is 3. The first-order chi connectivity index (χ1) is 15.7. The minimum Gasteiger partial charge on any atom is -0.493 e. The van der Waals surface area contributed by atoms with E-state index in [-0.39, 0.29) is 0 Å². The third-order valence-corrected chi connectivity index (χ3v) is 6.70. The molecule has 0 saturated heterocycles. The number of thioether (sulfide) groups is 1. The Morgan fingerprint density at radius 3 is 2.72 bits per heavy atom. The number of methoxy groups -OCH3 is 1. The molecule has 32 heavy (non-hydrogen) atoms. The van der Waals surface area contributed by atoms with Gasteiger partial charge in [-0.1, -0.05) is 49.0 Å². The Kier molecular flexibility index (Phi) is 7.44. The Labute approximate surface area is 196 Å². The van der Waals surface area contributed by atoms with Crippen LogP contribution in [0.25, 0.3) is 10.6 Å². The molecule has 6 nitrogen and oxygen atoms in total. The summed E-state index contributed by atoms with van der Waals surface area (Å²) in [6.07, 6.45) is 0.720. The van der Waals surface area contributed by atoms with Crippen LogP contribution in [0.2, 0.25) is 0 Å². The van der Waals surface area contributed by atoms with Crippen LogP contribution < -0.4 is 9.47 Å². The summed E-state index contributed by atoms with van der Waals surface area (Å²) in [5.74, 6) is 3.09. The van der Waals surface area contributed by atoms with E-state index in [1.54, 1.807) is 18.4 Å². The topological polar surface area (TPSA) is 70.3 Å². The van der Waals surface area contributed by atoms with Crippen molar-refractivity contribution < 1.29 is 13.9 Å². The second kappa shape index (κ2) is 10.7. The number of rotatable bonds is 10. The van der Waals surface area contributed by atoms with Gasteiger partial charge >= 0.3 is 0 Å². The van der Waals surface area contributed by atoms with E-state index in [0.717, 1.165) is 28.4 Å². The Bertz CT molecular complexity index is 1140. The van der Waals surface area contributed by atoms with Crippen molar-refractivity contribution in [2.45, 2.75) is 37.2 Å². The first kappa shape index (κ1) is 22.4. The maximum Gasteiger partial charge on any atom is 0.276 e. The van der Waals surface area contributed by atoms with Gasteiger partial charge in [0.2, 0.25) is 5.89 Å². The summed E-state index contributed by atoms with van der Waals surface area (Å²) in [4.78, 5) is 4.75. The number of hydrogen-bond acceptors (Lipinski definition) is 8. The van der Waals surface area contributed by atoms with Crippen molar-refractivity contribution in [3.05, 3.63) is 71.1 Å². The second-order valence-electron chi connectivity index (χ2n) is 7.21. The molecule has 2 heterocycles. The highest BCUT2D eigenvalue weighted by atomic mass is 32.2. The van der Waals surface area contributed by atoms with Crippen molar-refractivity contribution in [2.75, 3.05) is 13.7 Å². The summed E-state index contributed by atoms with van der Waals surface area (Å²) < 4.78 is 16.9. The van der Waals surface area contributed by atoms with Gasteiger partial charge in [0.05, 0.1) is 19.4 Å². The lowest BCUT2D eigenvalue weighted by Crippen LogP contribution is -1.98. The molecule has 0 radical (unpaired) electrons. The maximum absolute atomic E-state index is 5.84. The molecule has 0 bridgehead atoms. The van der Waals surface area contributed by atoms with Crippen LogP contribution in [-0.2, 0) is 12.2 Å². The molecule has 0 amide bonds. The van der Waals surface area contributed by atoms with E-state index >= 15 is 0 Å². The normalized spacial score (nSPS) is 12.0. The molecular formula is C24H25N3O3S2. The van der Waals surface area contributed by atoms with Gasteiger partial charge < -0.3 is 13.9 Å². The van der Waals surface area contributed by atoms with Gasteiger partial charge in [0, 0.05) is 23.1 Å². The summed E-state index contributed by atoms with van der Waals surface area (Å²) in [7, 11) is 1.64. The van der Waals surface area contributed by atoms with E-state index in [2.05, 4.69) is 34.6 Å². The van der Waals surface area contributed by atoms with Crippen molar-refractivity contribution >= 4 is 23.1 Å². The highest BCUT2D eigenvalue weighted by Gasteiger charge is 2.14. The zero-order valence-corrected chi connectivity index (χ0v) is 19.9. The van der Waals surface area contributed by atoms with Crippen LogP contribution in [0, 0.1) is 0 Å². The number of ether oxygens (including phenoxy) is 2. The second-order valence-corrected chi connectivity index (χ2v) is 8.99. The van der Waals surface area contributed by atoms with E-state index in [0.29, 0.717) is 35.1 Å². The quantitative estimate of drug-likeness (QED) is 0.256. The van der Waals surface area contributed by atoms with E-state index in [1.165, 1.54) is 17.3 Å². The molecule has 166 valence electrons. The Morgan fingerprint density at radius 2 is 1.94 bits per heavy atom. The zero-order chi connectivity index (χ0) is 22.3. The van der Waals surface area contributed by atoms with Crippen molar-refractivity contribution in [3.63, 3.8) is 0 Å². The lowest BCUT2D eigenvalue weighted by atomic mass is 9.98. The molecule has 8 heteroatoms. The molecule has 0 N–H and O–H groups in total. The fraction of sp³-hybridized carbons (Fsp3) is 0.292. The van der Waals surface area contributed by atoms with E-state index < -0.39 is 0 Å². The number of nitrogens with zero attached hydrogens (tertiary/aromatic N) is 3. The van der Waals surface area contributed by atoms with Crippen LogP contribution in [0.15, 0.2) is 63.6 Å². The molecule has 4 rings (SSSR count). The Balaban J connectivity index is 1.36. The monoisotopic (exact) mass is 467 g/mol. The van der Waals surface area contributed by atoms with E-state index in [4.69, 9.17) is 18.9 Å². The molecule has 0 aliphatic rings. The minimum absolute atomic E-state index is 0.321. The van der Waals surface area contributed by atoms with Gasteiger partial charge in [-0.15, -0.1) is 21.5 Å². The first-order valence-corrected chi connectivity index (χ1v) is 12.3. The largest absolute Gasteiger partial charge is 0.493 e. The zero-order valence-electron chi connectivity index (χ0n) is 18.3. The molecule has 2 aromatic carbocycles. The Morgan fingerprint density at radius 1 is 1.09 bits per heavy atom. The highest BCUT2D eigenvalue weighted by molar-refractivity contribution is 7.98. The van der Waals surface area contributed by atoms with Crippen LogP contribution in [0.3, 0.4) is 0 Å². The molecule has 0 aliphatic heterocycles. The number of hydrogen-bond donors (Lipinski definition) is 0. The maximum atomic E-state index is 5.84. The highest BCUT2D eigenvalue weighted by Crippen LogP contribution is 2.34. The molecule has 0 saturated carbocycles. The lowest BCUT2D eigenvalue weighted by molar-refractivity contribution is 0.311. The van der Waals surface area contributed by atoms with Crippen molar-refractivity contribution in [3.8, 4) is 22.1 Å². The summed E-state index contributed by atoms with van der Waals surface area (Å²) >= 11 is 3.10. The van der Waals surface area contributed by atoms with Crippen LogP contribution in [-0.4, -0.2) is 28.9 Å². The van der Waals surface area contributed by atoms with Crippen LogP contribution in [0.1, 0.15) is 36.9 Å². The van der Waals surface area contributed by atoms with Gasteiger partial charge in [-0.25, -0.2) is 4.98 Å². The summed E-state index contributed by atoms with van der Waals surface area (Å²) in [5.41, 5.74) is 3.24. The SMILES string of the molecule is CCOc1ccc(-c2nc(CSc3nnc(CC(C)c4ccccc4)o3)cs2)cc1OC. The third kappa shape index (κ3) is 5.49. The predicted octanol–water partition coefficient (Wildman–Crippen LogP) is 6.24. The summed E-state index contributed by atoms with van der Waals surface area (Å²) in [5, 5.41) is 12.0. The van der Waals surface area contributed by atoms with Gasteiger partial charge in [0.1, 0.15) is 5.01 Å². The van der Waals surface area contributed by atoms with Crippen LogP contribution >= 0.6 is 23.1 Å². The number of benzene rings is 2. The smallest absolute Gasteiger partial charge is 0.276 e. The fourth-order valence-electron chi connectivity index (χ4n) is 3.26. The molecule has 0 aliphatic carbocycles. The molecular weight excluding hydrogens is 442 g/mol. The van der Waals surface area contributed by atoms with Crippen LogP contribution in [0.5, 0.6) is 11.5 Å². The van der Waals surface area contributed by atoms with Gasteiger partial charge in [-0.05, 0) is 36.6 Å². The van der Waals surface area contributed by atoms with Gasteiger partial charge in [-0.3, -0.25) is 0 Å². The van der Waals surface area contributed by atoms with Crippen LogP contribution in [0.4, 0.5) is 0 Å². The third-order valence-electron chi connectivity index (χ3n) is 4.90. The molecule has 1 unspecified atom stereocenters. The average molecular weight is 468 g/mol. The lowest BCUT2D eigenvalue weighted by Gasteiger charge is -2.09. The predicted molar refractivity (Wildman–Crippen MR) is 128 cm³/mol. The number of thiazole rings is 1. The fourth-order valence-corrected chi connectivity index (χ4v) is 4.85. The molecule has 1 atom stereocenters. The minimum atomic E-state index is 0.321.